The molecule has 1 atom stereocenters. The summed E-state index contributed by atoms with van der Waals surface area (Å²) in [4.78, 5) is 33.5. The van der Waals surface area contributed by atoms with E-state index in [1.54, 1.807) is 11.3 Å². The maximum absolute atomic E-state index is 12.5. The molecule has 5 nitrogen and oxygen atoms in total. The number of hydrogen-bond acceptors (Lipinski definition) is 6. The second-order valence-corrected chi connectivity index (χ2v) is 8.84. The van der Waals surface area contributed by atoms with Gasteiger partial charge < -0.3 is 10.3 Å². The number of rotatable bonds is 6. The molecule has 1 amide bonds. The lowest BCUT2D eigenvalue weighted by molar-refractivity contribution is -0.119. The molecule has 0 unspecified atom stereocenters. The van der Waals surface area contributed by atoms with E-state index in [2.05, 4.69) is 29.1 Å². The summed E-state index contributed by atoms with van der Waals surface area (Å²) in [6.07, 6.45) is 0. The molecule has 8 heteroatoms. The van der Waals surface area contributed by atoms with E-state index in [0.29, 0.717) is 21.3 Å². The van der Waals surface area contributed by atoms with Gasteiger partial charge in [0.05, 0.1) is 11.1 Å². The van der Waals surface area contributed by atoms with E-state index in [4.69, 9.17) is 0 Å². The van der Waals surface area contributed by atoms with Crippen LogP contribution in [-0.4, -0.2) is 27.7 Å². The number of aromatic nitrogens is 2. The zero-order chi connectivity index (χ0) is 18.0. The molecule has 3 aromatic rings. The summed E-state index contributed by atoms with van der Waals surface area (Å²) in [7, 11) is 0. The van der Waals surface area contributed by atoms with E-state index in [9.17, 15) is 9.59 Å². The van der Waals surface area contributed by atoms with Gasteiger partial charge in [-0.1, -0.05) is 31.7 Å². The molecule has 0 radical (unpaired) electrons. The number of nitrogens with zero attached hydrogens (tertiary/aromatic N) is 1. The SMILES string of the molecule is CC(C)[C@H](C)NC(=O)CSc1nc2scc(-c3cccs3)c2c(=O)[nH]1. The fraction of sp³-hybridized carbons (Fsp3) is 0.353. The van der Waals surface area contributed by atoms with Crippen molar-refractivity contribution in [2.45, 2.75) is 32.0 Å². The van der Waals surface area contributed by atoms with Crippen molar-refractivity contribution < 1.29 is 4.79 Å². The predicted octanol–water partition coefficient (Wildman–Crippen LogP) is 3.97. The number of amides is 1. The largest absolute Gasteiger partial charge is 0.353 e. The van der Waals surface area contributed by atoms with Crippen LogP contribution < -0.4 is 10.9 Å². The molecule has 0 aliphatic rings. The quantitative estimate of drug-likeness (QED) is 0.491. The molecule has 0 aliphatic heterocycles. The first-order valence-electron chi connectivity index (χ1n) is 7.93. The Morgan fingerprint density at radius 3 is 2.84 bits per heavy atom. The third-order valence-corrected chi connectivity index (χ3v) is 6.59. The molecule has 3 rings (SSSR count). The van der Waals surface area contributed by atoms with E-state index in [-0.39, 0.29) is 23.3 Å². The van der Waals surface area contributed by atoms with Crippen molar-refractivity contribution in [1.29, 1.82) is 0 Å². The molecule has 3 heterocycles. The highest BCUT2D eigenvalue weighted by molar-refractivity contribution is 7.99. The van der Waals surface area contributed by atoms with Gasteiger partial charge in [0.1, 0.15) is 4.83 Å². The van der Waals surface area contributed by atoms with Crippen LogP contribution in [0.2, 0.25) is 0 Å². The minimum atomic E-state index is -0.159. The zero-order valence-electron chi connectivity index (χ0n) is 14.2. The molecule has 0 aliphatic carbocycles. The first-order chi connectivity index (χ1) is 12.0. The standard InChI is InChI=1S/C17H19N3O2S3/c1-9(2)10(3)18-13(21)8-25-17-19-15(22)14-11(7-24-16(14)20-17)12-5-4-6-23-12/h4-7,9-10H,8H2,1-3H3,(H,18,21)(H,19,20,22)/t10-/m0/s1. The van der Waals surface area contributed by atoms with Crippen LogP contribution in [0.15, 0.2) is 32.8 Å². The second-order valence-electron chi connectivity index (χ2n) is 6.07. The maximum atomic E-state index is 12.5. The molecule has 0 fully saturated rings. The number of carbonyl (C=O) groups is 1. The van der Waals surface area contributed by atoms with Gasteiger partial charge >= 0.3 is 0 Å². The number of thiophene rings is 2. The Kier molecular flexibility index (Phi) is 5.61. The first kappa shape index (κ1) is 18.2. The van der Waals surface area contributed by atoms with Crippen molar-refractivity contribution in [3.63, 3.8) is 0 Å². The van der Waals surface area contributed by atoms with E-state index < -0.39 is 0 Å². The lowest BCUT2D eigenvalue weighted by atomic mass is 10.1. The number of thioether (sulfide) groups is 1. The van der Waals surface area contributed by atoms with Crippen molar-refractivity contribution in [1.82, 2.24) is 15.3 Å². The Morgan fingerprint density at radius 1 is 1.36 bits per heavy atom. The highest BCUT2D eigenvalue weighted by Crippen LogP contribution is 2.33. The molecule has 0 bridgehead atoms. The third kappa shape index (κ3) is 4.13. The number of carbonyl (C=O) groups excluding carboxylic acids is 1. The molecule has 132 valence electrons. The van der Waals surface area contributed by atoms with Crippen LogP contribution in [0.3, 0.4) is 0 Å². The van der Waals surface area contributed by atoms with E-state index in [0.717, 1.165) is 10.4 Å². The third-order valence-electron chi connectivity index (χ3n) is 3.94. The summed E-state index contributed by atoms with van der Waals surface area (Å²) < 4.78 is 0. The highest BCUT2D eigenvalue weighted by Gasteiger charge is 2.15. The Labute approximate surface area is 157 Å². The van der Waals surface area contributed by atoms with Crippen molar-refractivity contribution >= 4 is 50.6 Å². The number of fused-ring (bicyclic) bond motifs is 1. The molecule has 3 aromatic heterocycles. The van der Waals surface area contributed by atoms with Gasteiger partial charge in [-0.25, -0.2) is 4.98 Å². The van der Waals surface area contributed by atoms with Crippen LogP contribution >= 0.6 is 34.4 Å². The number of nitrogens with one attached hydrogen (secondary N) is 2. The lowest BCUT2D eigenvalue weighted by Crippen LogP contribution is -2.37. The lowest BCUT2D eigenvalue weighted by Gasteiger charge is -2.16. The summed E-state index contributed by atoms with van der Waals surface area (Å²) in [5.74, 6) is 0.554. The summed E-state index contributed by atoms with van der Waals surface area (Å²) >= 11 is 4.30. The van der Waals surface area contributed by atoms with Crippen LogP contribution in [0, 0.1) is 5.92 Å². The van der Waals surface area contributed by atoms with Gasteiger partial charge in [-0.2, -0.15) is 0 Å². The molecule has 0 spiro atoms. The van der Waals surface area contributed by atoms with E-state index >= 15 is 0 Å². The molecule has 25 heavy (non-hydrogen) atoms. The van der Waals surface area contributed by atoms with E-state index in [1.807, 2.05) is 29.8 Å². The Morgan fingerprint density at radius 2 is 2.16 bits per heavy atom. The van der Waals surface area contributed by atoms with Gasteiger partial charge in [0, 0.05) is 21.9 Å². The van der Waals surface area contributed by atoms with Gasteiger partial charge in [-0.15, -0.1) is 22.7 Å². The predicted molar refractivity (Wildman–Crippen MR) is 107 cm³/mol. The molecule has 0 saturated carbocycles. The van der Waals surface area contributed by atoms with Crippen molar-refractivity contribution in [2.75, 3.05) is 5.75 Å². The van der Waals surface area contributed by atoms with Gasteiger partial charge in [-0.3, -0.25) is 9.59 Å². The smallest absolute Gasteiger partial charge is 0.260 e. The Balaban J connectivity index is 1.76. The van der Waals surface area contributed by atoms with Gasteiger partial charge in [-0.05, 0) is 24.3 Å². The number of hydrogen-bond donors (Lipinski definition) is 2. The molecule has 0 saturated heterocycles. The summed E-state index contributed by atoms with van der Waals surface area (Å²) in [5, 5.41) is 7.99. The number of aromatic amines is 1. The van der Waals surface area contributed by atoms with Gasteiger partial charge in [0.15, 0.2) is 5.16 Å². The van der Waals surface area contributed by atoms with Crippen LogP contribution in [0.5, 0.6) is 0 Å². The maximum Gasteiger partial charge on any atom is 0.260 e. The summed E-state index contributed by atoms with van der Waals surface area (Å²) in [6, 6.07) is 4.08. The Hall–Kier alpha value is -1.64. The van der Waals surface area contributed by atoms with Crippen LogP contribution in [0.4, 0.5) is 0 Å². The van der Waals surface area contributed by atoms with Crippen molar-refractivity contribution in [3.05, 3.63) is 33.2 Å². The van der Waals surface area contributed by atoms with E-state index in [1.165, 1.54) is 23.1 Å². The molecular weight excluding hydrogens is 374 g/mol. The average Bonchev–Trinajstić information content (AvgIpc) is 3.21. The monoisotopic (exact) mass is 393 g/mol. The minimum Gasteiger partial charge on any atom is -0.353 e. The molecule has 2 N–H and O–H groups in total. The summed E-state index contributed by atoms with van der Waals surface area (Å²) in [6.45, 7) is 6.11. The normalized spacial score (nSPS) is 12.6. The fourth-order valence-corrected chi connectivity index (χ4v) is 4.70. The fourth-order valence-electron chi connectivity index (χ4n) is 2.21. The zero-order valence-corrected chi connectivity index (χ0v) is 16.6. The average molecular weight is 394 g/mol. The second kappa shape index (κ2) is 7.72. The minimum absolute atomic E-state index is 0.0561. The molecule has 0 aromatic carbocycles. The van der Waals surface area contributed by atoms with Crippen molar-refractivity contribution in [2.24, 2.45) is 5.92 Å². The van der Waals surface area contributed by atoms with Gasteiger partial charge in [0.2, 0.25) is 5.91 Å². The first-order valence-corrected chi connectivity index (χ1v) is 10.7. The van der Waals surface area contributed by atoms with Crippen LogP contribution in [0.1, 0.15) is 20.8 Å². The Bertz CT molecular complexity index is 928. The topological polar surface area (TPSA) is 74.8 Å². The van der Waals surface area contributed by atoms with Gasteiger partial charge in [0.25, 0.3) is 5.56 Å². The molecular formula is C17H19N3O2S3. The number of H-pyrrole nitrogens is 1. The van der Waals surface area contributed by atoms with Crippen molar-refractivity contribution in [3.8, 4) is 10.4 Å². The van der Waals surface area contributed by atoms with Crippen LogP contribution in [-0.2, 0) is 4.79 Å². The highest BCUT2D eigenvalue weighted by atomic mass is 32.2. The van der Waals surface area contributed by atoms with Crippen LogP contribution in [0.25, 0.3) is 20.7 Å². The summed E-state index contributed by atoms with van der Waals surface area (Å²) in [5.41, 5.74) is 0.761.